The number of ether oxygens (including phenoxy) is 3. The van der Waals surface area contributed by atoms with Gasteiger partial charge in [0.1, 0.15) is 23.7 Å². The Morgan fingerprint density at radius 3 is 2.36 bits per heavy atom. The first kappa shape index (κ1) is 22.6. The highest BCUT2D eigenvalue weighted by atomic mass is 32.1. The topological polar surface area (TPSA) is 109 Å². The highest BCUT2D eigenvalue weighted by molar-refractivity contribution is 7.10. The molecule has 0 bridgehead atoms. The average Bonchev–Trinajstić information content (AvgIpc) is 3.13. The first-order chi connectivity index (χ1) is 13.5. The zero-order valence-electron chi connectivity index (χ0n) is 16.0. The molecule has 28 heavy (non-hydrogen) atoms. The van der Waals surface area contributed by atoms with Crippen molar-refractivity contribution in [3.63, 3.8) is 0 Å². The van der Waals surface area contributed by atoms with Gasteiger partial charge in [0, 0.05) is 20.1 Å². The third-order valence-electron chi connectivity index (χ3n) is 4.23. The molecule has 2 rings (SSSR count). The van der Waals surface area contributed by atoms with Gasteiger partial charge in [0.2, 0.25) is 6.29 Å². The summed E-state index contributed by atoms with van der Waals surface area (Å²) < 4.78 is 16.4. The smallest absolute Gasteiger partial charge is 0.228 e. The molecule has 0 fully saturated rings. The van der Waals surface area contributed by atoms with E-state index in [1.165, 1.54) is 18.4 Å². The van der Waals surface area contributed by atoms with Crippen LogP contribution in [0.4, 0.5) is 0 Å². The Balaban J connectivity index is 2.04. The number of rotatable bonds is 12. The number of aliphatic hydroxyl groups excluding tert-OH is 4. The summed E-state index contributed by atoms with van der Waals surface area (Å²) in [4.78, 5) is 0.934. The Bertz CT molecular complexity index is 688. The third kappa shape index (κ3) is 6.16. The fourth-order valence-corrected chi connectivity index (χ4v) is 3.53. The first-order valence-electron chi connectivity index (χ1n) is 9.12. The van der Waals surface area contributed by atoms with Crippen LogP contribution in [0, 0.1) is 0 Å². The van der Waals surface area contributed by atoms with Crippen molar-refractivity contribution in [3.8, 4) is 11.5 Å². The molecule has 1 aromatic carbocycles. The van der Waals surface area contributed by atoms with E-state index < -0.39 is 24.6 Å². The van der Waals surface area contributed by atoms with Gasteiger partial charge in [-0.15, -0.1) is 11.3 Å². The summed E-state index contributed by atoms with van der Waals surface area (Å²) in [5.41, 5.74) is 1.07. The summed E-state index contributed by atoms with van der Waals surface area (Å²) in [6.45, 7) is 2.24. The van der Waals surface area contributed by atoms with Crippen LogP contribution in [0.5, 0.6) is 11.5 Å². The Kier molecular flexibility index (Phi) is 9.17. The molecule has 0 spiro atoms. The number of benzene rings is 1. The lowest BCUT2D eigenvalue weighted by Gasteiger charge is -2.28. The van der Waals surface area contributed by atoms with Crippen molar-refractivity contribution in [2.24, 2.45) is 0 Å². The second-order valence-electron chi connectivity index (χ2n) is 6.24. The highest BCUT2D eigenvalue weighted by Crippen LogP contribution is 2.30. The highest BCUT2D eigenvalue weighted by Gasteiger charge is 2.33. The van der Waals surface area contributed by atoms with Crippen LogP contribution in [0.25, 0.3) is 0 Å². The van der Waals surface area contributed by atoms with Crippen molar-refractivity contribution in [3.05, 3.63) is 46.2 Å². The van der Waals surface area contributed by atoms with Gasteiger partial charge in [0.15, 0.2) is 0 Å². The van der Waals surface area contributed by atoms with Gasteiger partial charge in [0.05, 0.1) is 17.6 Å². The van der Waals surface area contributed by atoms with Crippen molar-refractivity contribution in [1.29, 1.82) is 0 Å². The van der Waals surface area contributed by atoms with Crippen LogP contribution in [-0.4, -0.2) is 65.4 Å². The summed E-state index contributed by atoms with van der Waals surface area (Å²) >= 11 is 1.51. The maximum atomic E-state index is 10.3. The molecule has 156 valence electrons. The number of thiophene rings is 1. The minimum Gasteiger partial charge on any atom is -0.494 e. The van der Waals surface area contributed by atoms with E-state index in [0.717, 1.165) is 16.2 Å². The molecule has 1 heterocycles. The SMILES string of the molecule is CCOc1ccc(Cc2sccc2OC(OC)C(O)C(O)C(O)CCO)cc1. The van der Waals surface area contributed by atoms with Gasteiger partial charge in [-0.2, -0.15) is 0 Å². The minimum atomic E-state index is -1.51. The molecule has 2 aromatic rings. The van der Waals surface area contributed by atoms with Gasteiger partial charge >= 0.3 is 0 Å². The number of aliphatic hydroxyl groups is 4. The zero-order valence-corrected chi connectivity index (χ0v) is 16.8. The van der Waals surface area contributed by atoms with Crippen LogP contribution in [0.1, 0.15) is 23.8 Å². The van der Waals surface area contributed by atoms with Crippen molar-refractivity contribution in [1.82, 2.24) is 0 Å². The van der Waals surface area contributed by atoms with E-state index in [9.17, 15) is 15.3 Å². The molecule has 0 saturated carbocycles. The average molecular weight is 413 g/mol. The lowest BCUT2D eigenvalue weighted by molar-refractivity contribution is -0.179. The van der Waals surface area contributed by atoms with Crippen LogP contribution in [-0.2, 0) is 11.2 Å². The van der Waals surface area contributed by atoms with Gasteiger partial charge in [-0.05, 0) is 42.5 Å². The molecule has 7 nitrogen and oxygen atoms in total. The van der Waals surface area contributed by atoms with Crippen molar-refractivity contribution in [2.75, 3.05) is 20.3 Å². The quantitative estimate of drug-likeness (QED) is 0.392. The van der Waals surface area contributed by atoms with Crippen LogP contribution >= 0.6 is 11.3 Å². The number of hydrogen-bond acceptors (Lipinski definition) is 8. The Labute approximate surface area is 168 Å². The van der Waals surface area contributed by atoms with Gasteiger partial charge in [-0.3, -0.25) is 0 Å². The molecular formula is C20H28O7S. The van der Waals surface area contributed by atoms with Crippen LogP contribution < -0.4 is 9.47 Å². The molecule has 8 heteroatoms. The van der Waals surface area contributed by atoms with Gasteiger partial charge < -0.3 is 34.6 Å². The molecule has 1 aromatic heterocycles. The monoisotopic (exact) mass is 412 g/mol. The maximum Gasteiger partial charge on any atom is 0.228 e. The van der Waals surface area contributed by atoms with E-state index in [4.69, 9.17) is 19.3 Å². The molecule has 4 atom stereocenters. The molecule has 0 saturated heterocycles. The van der Waals surface area contributed by atoms with Gasteiger partial charge in [0.25, 0.3) is 0 Å². The summed E-state index contributed by atoms with van der Waals surface area (Å²) in [6.07, 6.45) is -4.88. The second-order valence-corrected chi connectivity index (χ2v) is 7.25. The van der Waals surface area contributed by atoms with Gasteiger partial charge in [-0.1, -0.05) is 12.1 Å². The Morgan fingerprint density at radius 2 is 1.75 bits per heavy atom. The van der Waals surface area contributed by atoms with E-state index in [0.29, 0.717) is 18.8 Å². The maximum absolute atomic E-state index is 10.3. The van der Waals surface area contributed by atoms with Crippen LogP contribution in [0.3, 0.4) is 0 Å². The van der Waals surface area contributed by atoms with E-state index in [2.05, 4.69) is 0 Å². The molecular weight excluding hydrogens is 384 g/mol. The normalized spacial score (nSPS) is 15.6. The fourth-order valence-electron chi connectivity index (χ4n) is 2.69. The second kappa shape index (κ2) is 11.4. The largest absolute Gasteiger partial charge is 0.494 e. The van der Waals surface area contributed by atoms with Crippen molar-refractivity contribution < 1.29 is 34.6 Å². The summed E-state index contributed by atoms with van der Waals surface area (Å²) in [6, 6.07) is 9.54. The van der Waals surface area contributed by atoms with Crippen LogP contribution in [0.15, 0.2) is 35.7 Å². The van der Waals surface area contributed by atoms with E-state index in [1.54, 1.807) is 6.07 Å². The van der Waals surface area contributed by atoms with Crippen molar-refractivity contribution >= 4 is 11.3 Å². The summed E-state index contributed by atoms with van der Waals surface area (Å²) in [5, 5.41) is 40.8. The predicted molar refractivity (Wildman–Crippen MR) is 106 cm³/mol. The molecule has 0 aliphatic heterocycles. The third-order valence-corrected chi connectivity index (χ3v) is 5.13. The molecule has 4 unspecified atom stereocenters. The van der Waals surface area contributed by atoms with E-state index in [1.807, 2.05) is 36.6 Å². The number of methoxy groups -OCH3 is 1. The standard InChI is InChI=1S/C20H28O7S/c1-3-26-14-6-4-13(5-7-14)12-17-16(9-11-28-17)27-20(25-2)19(24)18(23)15(22)8-10-21/h4-7,9,11,15,18-24H,3,8,10,12H2,1-2H3. The minimum absolute atomic E-state index is 0.0594. The predicted octanol–water partition coefficient (Wildman–Crippen LogP) is 1.55. The fraction of sp³-hybridized carbons (Fsp3) is 0.500. The van der Waals surface area contributed by atoms with E-state index >= 15 is 0 Å². The molecule has 0 aliphatic carbocycles. The van der Waals surface area contributed by atoms with Crippen molar-refractivity contribution in [2.45, 2.75) is 44.4 Å². The zero-order chi connectivity index (χ0) is 20.5. The summed E-state index contributed by atoms with van der Waals surface area (Å²) in [5.74, 6) is 1.35. The molecule has 0 radical (unpaired) electrons. The molecule has 0 aliphatic rings. The van der Waals surface area contributed by atoms with Gasteiger partial charge in [-0.25, -0.2) is 0 Å². The lowest BCUT2D eigenvalue weighted by atomic mass is 10.1. The molecule has 4 N–H and O–H groups in total. The Hall–Kier alpha value is -1.68. The lowest BCUT2D eigenvalue weighted by Crippen LogP contribution is -2.47. The first-order valence-corrected chi connectivity index (χ1v) is 10.0. The van der Waals surface area contributed by atoms with Crippen LogP contribution in [0.2, 0.25) is 0 Å². The Morgan fingerprint density at radius 1 is 1.04 bits per heavy atom. The van der Waals surface area contributed by atoms with E-state index in [-0.39, 0.29) is 13.0 Å². The summed E-state index contributed by atoms with van der Waals surface area (Å²) in [7, 11) is 1.34. The molecule has 0 amide bonds. The number of hydrogen-bond donors (Lipinski definition) is 4.